The number of carbonyl (C=O) groups is 1. The number of imidazole rings is 1. The fourth-order valence-electron chi connectivity index (χ4n) is 2.84. The predicted molar refractivity (Wildman–Crippen MR) is 92.5 cm³/mol. The Kier molecular flexibility index (Phi) is 4.01. The standard InChI is InChI=1S/C19H20N2O3/c1-19(2,18(22)23)21-16-7-5-4-6-15(16)20-17(21)12-13-8-10-14(24-3)11-9-13/h4-11H,12H2,1-3H3,(H,22,23). The summed E-state index contributed by atoms with van der Waals surface area (Å²) < 4.78 is 6.99. The molecule has 0 saturated carbocycles. The summed E-state index contributed by atoms with van der Waals surface area (Å²) in [5, 5.41) is 9.67. The molecule has 3 rings (SSSR count). The highest BCUT2D eigenvalue weighted by atomic mass is 16.5. The van der Waals surface area contributed by atoms with Crippen LogP contribution in [0.3, 0.4) is 0 Å². The minimum absolute atomic E-state index is 0.551. The minimum atomic E-state index is -1.09. The second-order valence-corrected chi connectivity index (χ2v) is 6.24. The Hall–Kier alpha value is -2.82. The maximum atomic E-state index is 11.8. The van der Waals surface area contributed by atoms with Crippen LogP contribution >= 0.6 is 0 Å². The van der Waals surface area contributed by atoms with Crippen molar-refractivity contribution in [1.82, 2.24) is 9.55 Å². The van der Waals surface area contributed by atoms with Crippen molar-refractivity contribution in [1.29, 1.82) is 0 Å². The smallest absolute Gasteiger partial charge is 0.329 e. The molecule has 0 saturated heterocycles. The molecule has 1 aromatic heterocycles. The van der Waals surface area contributed by atoms with E-state index in [2.05, 4.69) is 4.98 Å². The molecule has 0 fully saturated rings. The lowest BCUT2D eigenvalue weighted by Gasteiger charge is -2.24. The quantitative estimate of drug-likeness (QED) is 0.780. The molecule has 0 bridgehead atoms. The number of ether oxygens (including phenoxy) is 1. The molecule has 0 aliphatic rings. The van der Waals surface area contributed by atoms with Crippen LogP contribution in [-0.2, 0) is 16.8 Å². The Morgan fingerprint density at radius 3 is 2.46 bits per heavy atom. The molecule has 0 radical (unpaired) electrons. The van der Waals surface area contributed by atoms with Crippen molar-refractivity contribution in [3.8, 4) is 5.75 Å². The van der Waals surface area contributed by atoms with Crippen molar-refractivity contribution in [2.24, 2.45) is 0 Å². The van der Waals surface area contributed by atoms with Gasteiger partial charge in [-0.1, -0.05) is 24.3 Å². The first-order valence-corrected chi connectivity index (χ1v) is 7.76. The topological polar surface area (TPSA) is 64.4 Å². The van der Waals surface area contributed by atoms with Crippen LogP contribution in [0.4, 0.5) is 0 Å². The van der Waals surface area contributed by atoms with E-state index in [-0.39, 0.29) is 0 Å². The summed E-state index contributed by atoms with van der Waals surface area (Å²) in [6.45, 7) is 3.39. The summed E-state index contributed by atoms with van der Waals surface area (Å²) in [5.41, 5.74) is 1.59. The van der Waals surface area contributed by atoms with Gasteiger partial charge in [-0.05, 0) is 43.7 Å². The zero-order valence-corrected chi connectivity index (χ0v) is 14.0. The van der Waals surface area contributed by atoms with Gasteiger partial charge in [0.1, 0.15) is 17.1 Å². The fraction of sp³-hybridized carbons (Fsp3) is 0.263. The maximum absolute atomic E-state index is 11.8. The normalized spacial score (nSPS) is 11.6. The largest absolute Gasteiger partial charge is 0.497 e. The molecule has 0 spiro atoms. The van der Waals surface area contributed by atoms with E-state index in [1.165, 1.54) is 0 Å². The summed E-state index contributed by atoms with van der Waals surface area (Å²) >= 11 is 0. The number of benzene rings is 2. The van der Waals surface area contributed by atoms with E-state index in [0.29, 0.717) is 6.42 Å². The molecule has 2 aromatic carbocycles. The maximum Gasteiger partial charge on any atom is 0.329 e. The van der Waals surface area contributed by atoms with Gasteiger partial charge in [-0.2, -0.15) is 0 Å². The molecule has 5 nitrogen and oxygen atoms in total. The number of methoxy groups -OCH3 is 1. The first kappa shape index (κ1) is 16.1. The van der Waals surface area contributed by atoms with Crippen molar-refractivity contribution in [2.75, 3.05) is 7.11 Å². The third-order valence-corrected chi connectivity index (χ3v) is 4.23. The molecule has 0 atom stereocenters. The first-order chi connectivity index (χ1) is 11.4. The number of para-hydroxylation sites is 2. The molecule has 5 heteroatoms. The summed E-state index contributed by atoms with van der Waals surface area (Å²) in [5.74, 6) is 0.633. The summed E-state index contributed by atoms with van der Waals surface area (Å²) in [6, 6.07) is 15.3. The Morgan fingerprint density at radius 1 is 1.17 bits per heavy atom. The Bertz CT molecular complexity index is 879. The number of aliphatic carboxylic acids is 1. The summed E-state index contributed by atoms with van der Waals surface area (Å²) in [4.78, 5) is 16.5. The van der Waals surface area contributed by atoms with E-state index < -0.39 is 11.5 Å². The van der Waals surface area contributed by atoms with E-state index in [9.17, 15) is 9.90 Å². The van der Waals surface area contributed by atoms with Gasteiger partial charge in [0.15, 0.2) is 0 Å². The highest BCUT2D eigenvalue weighted by molar-refractivity contribution is 5.82. The zero-order chi connectivity index (χ0) is 17.3. The van der Waals surface area contributed by atoms with Gasteiger partial charge in [-0.25, -0.2) is 9.78 Å². The number of hydrogen-bond acceptors (Lipinski definition) is 3. The van der Waals surface area contributed by atoms with Crippen molar-refractivity contribution in [3.63, 3.8) is 0 Å². The van der Waals surface area contributed by atoms with Crippen molar-refractivity contribution < 1.29 is 14.6 Å². The summed E-state index contributed by atoms with van der Waals surface area (Å²) in [7, 11) is 1.63. The lowest BCUT2D eigenvalue weighted by Crippen LogP contribution is -2.36. The molecular formula is C19H20N2O3. The van der Waals surface area contributed by atoms with Gasteiger partial charge in [0.2, 0.25) is 0 Å². The van der Waals surface area contributed by atoms with Crippen LogP contribution in [0.15, 0.2) is 48.5 Å². The molecule has 124 valence electrons. The van der Waals surface area contributed by atoms with Crippen molar-refractivity contribution >= 4 is 17.0 Å². The molecule has 0 amide bonds. The highest BCUT2D eigenvalue weighted by Crippen LogP contribution is 2.27. The second kappa shape index (κ2) is 6.00. The Balaban J connectivity index is 2.11. The van der Waals surface area contributed by atoms with E-state index in [1.807, 2.05) is 53.1 Å². The second-order valence-electron chi connectivity index (χ2n) is 6.24. The highest BCUT2D eigenvalue weighted by Gasteiger charge is 2.33. The Labute approximate surface area is 140 Å². The number of aromatic nitrogens is 2. The minimum Gasteiger partial charge on any atom is -0.497 e. The predicted octanol–water partition coefficient (Wildman–Crippen LogP) is 3.46. The van der Waals surface area contributed by atoms with Gasteiger partial charge in [0.05, 0.1) is 18.1 Å². The number of hydrogen-bond donors (Lipinski definition) is 1. The lowest BCUT2D eigenvalue weighted by atomic mass is 10.0. The molecular weight excluding hydrogens is 304 g/mol. The van der Waals surface area contributed by atoms with Gasteiger partial charge in [-0.15, -0.1) is 0 Å². The number of carboxylic acids is 1. The molecule has 1 N–H and O–H groups in total. The zero-order valence-electron chi connectivity index (χ0n) is 14.0. The third kappa shape index (κ3) is 2.73. The number of carboxylic acid groups (broad SMARTS) is 1. The Morgan fingerprint density at radius 2 is 1.83 bits per heavy atom. The number of rotatable bonds is 5. The first-order valence-electron chi connectivity index (χ1n) is 7.76. The van der Waals surface area contributed by atoms with Gasteiger partial charge >= 0.3 is 5.97 Å². The van der Waals surface area contributed by atoms with Gasteiger partial charge in [0, 0.05) is 6.42 Å². The molecule has 0 aliphatic carbocycles. The van der Waals surface area contributed by atoms with Crippen LogP contribution in [0.25, 0.3) is 11.0 Å². The van der Waals surface area contributed by atoms with E-state index in [1.54, 1.807) is 21.0 Å². The van der Waals surface area contributed by atoms with Crippen LogP contribution in [0.2, 0.25) is 0 Å². The van der Waals surface area contributed by atoms with Gasteiger partial charge in [0.25, 0.3) is 0 Å². The van der Waals surface area contributed by atoms with Crippen LogP contribution in [-0.4, -0.2) is 27.7 Å². The van der Waals surface area contributed by atoms with Gasteiger partial charge in [-0.3, -0.25) is 0 Å². The van der Waals surface area contributed by atoms with Crippen LogP contribution < -0.4 is 4.74 Å². The van der Waals surface area contributed by atoms with E-state index >= 15 is 0 Å². The SMILES string of the molecule is COc1ccc(Cc2nc3ccccc3n2C(C)(C)C(=O)O)cc1. The van der Waals surface area contributed by atoms with E-state index in [4.69, 9.17) is 4.74 Å². The molecule has 0 aliphatic heterocycles. The van der Waals surface area contributed by atoms with Gasteiger partial charge < -0.3 is 14.4 Å². The third-order valence-electron chi connectivity index (χ3n) is 4.23. The molecule has 24 heavy (non-hydrogen) atoms. The lowest BCUT2D eigenvalue weighted by molar-refractivity contribution is -0.145. The number of fused-ring (bicyclic) bond motifs is 1. The fourth-order valence-corrected chi connectivity index (χ4v) is 2.84. The van der Waals surface area contributed by atoms with Crippen LogP contribution in [0, 0.1) is 0 Å². The average Bonchev–Trinajstić information content (AvgIpc) is 2.93. The molecule has 3 aromatic rings. The molecule has 0 unspecified atom stereocenters. The average molecular weight is 324 g/mol. The van der Waals surface area contributed by atoms with E-state index in [0.717, 1.165) is 28.2 Å². The van der Waals surface area contributed by atoms with Crippen molar-refractivity contribution in [3.05, 3.63) is 59.9 Å². The van der Waals surface area contributed by atoms with Crippen LogP contribution in [0.1, 0.15) is 25.2 Å². The summed E-state index contributed by atoms with van der Waals surface area (Å²) in [6.07, 6.45) is 0.551. The monoisotopic (exact) mass is 324 g/mol. The molecule has 1 heterocycles. The number of nitrogens with zero attached hydrogens (tertiary/aromatic N) is 2. The van der Waals surface area contributed by atoms with Crippen LogP contribution in [0.5, 0.6) is 5.75 Å². The van der Waals surface area contributed by atoms with Crippen molar-refractivity contribution in [2.45, 2.75) is 25.8 Å².